The van der Waals surface area contributed by atoms with Crippen LogP contribution in [0.1, 0.15) is 53.1 Å². The summed E-state index contributed by atoms with van der Waals surface area (Å²) in [5.74, 6) is -2.02. The van der Waals surface area contributed by atoms with Crippen LogP contribution in [0.5, 0.6) is 0 Å². The minimum atomic E-state index is -3.34. The van der Waals surface area contributed by atoms with Crippen molar-refractivity contribution in [3.05, 3.63) is 127 Å². The molecule has 0 aliphatic carbocycles. The molecule has 330 valence electrons. The lowest BCUT2D eigenvalue weighted by Crippen LogP contribution is -2.73. The summed E-state index contributed by atoms with van der Waals surface area (Å²) in [4.78, 5) is 71.6. The van der Waals surface area contributed by atoms with Crippen LogP contribution in [-0.4, -0.2) is 85.7 Å². The van der Waals surface area contributed by atoms with Crippen LogP contribution in [0, 0.1) is 0 Å². The van der Waals surface area contributed by atoms with Crippen LogP contribution >= 0.6 is 53.5 Å². The Hall–Kier alpha value is -4.65. The van der Waals surface area contributed by atoms with Gasteiger partial charge in [-0.3, -0.25) is 14.5 Å². The molecule has 0 aromatic heterocycles. The lowest BCUT2D eigenvalue weighted by Gasteiger charge is -2.49. The minimum absolute atomic E-state index is 0.0526. The predicted molar refractivity (Wildman–Crippen MR) is 247 cm³/mol. The highest BCUT2D eigenvalue weighted by molar-refractivity contribution is 8.00. The molecule has 0 bridgehead atoms. The fourth-order valence-electron chi connectivity index (χ4n) is 6.57. The van der Waals surface area contributed by atoms with Gasteiger partial charge in [0.2, 0.25) is 9.70 Å². The Morgan fingerprint density at radius 3 is 1.63 bits per heavy atom. The summed E-state index contributed by atoms with van der Waals surface area (Å²) in [5, 5.41) is 6.80. The van der Waals surface area contributed by atoms with Gasteiger partial charge in [0.1, 0.15) is 47.3 Å². The number of esters is 1. The SMILES string of the molecule is CC(C)(C)OC(=O)N[C@H](C(=O)N[C@@H]1C(=O)N(C(C(=O)OC(C)(C)C)=P(c2ccccc2)(c2ccccc2)c2ccccc2)[C@@H]1SCCOC(=O)OCC(Cl)(Cl)Cl)c1ccccc1. The first kappa shape index (κ1) is 48.4. The van der Waals surface area contributed by atoms with Crippen LogP contribution in [0.4, 0.5) is 9.59 Å². The quantitative estimate of drug-likeness (QED) is 0.0323. The third kappa shape index (κ3) is 12.5. The van der Waals surface area contributed by atoms with E-state index in [0.717, 1.165) is 27.7 Å². The van der Waals surface area contributed by atoms with Crippen molar-refractivity contribution in [2.24, 2.45) is 0 Å². The molecule has 12 nitrogen and oxygen atoms in total. The van der Waals surface area contributed by atoms with E-state index in [1.165, 1.54) is 4.90 Å². The molecular weight excluding hydrogens is 896 g/mol. The van der Waals surface area contributed by atoms with Crippen molar-refractivity contribution in [2.45, 2.75) is 74.0 Å². The number of carbonyl (C=O) groups excluding carboxylic acids is 5. The number of halogens is 3. The Balaban J connectivity index is 1.68. The van der Waals surface area contributed by atoms with E-state index in [2.05, 4.69) is 10.6 Å². The molecule has 4 aromatic rings. The second-order valence-electron chi connectivity index (χ2n) is 16.0. The van der Waals surface area contributed by atoms with Gasteiger partial charge >= 0.3 is 18.2 Å². The number of nitrogens with one attached hydrogen (secondary N) is 2. The molecule has 4 aromatic carbocycles. The van der Waals surface area contributed by atoms with Gasteiger partial charge in [-0.05, 0) is 63.0 Å². The van der Waals surface area contributed by atoms with Crippen LogP contribution in [0.15, 0.2) is 121 Å². The average molecular weight is 945 g/mol. The highest BCUT2D eigenvalue weighted by Crippen LogP contribution is 2.50. The molecule has 1 heterocycles. The van der Waals surface area contributed by atoms with Crippen molar-refractivity contribution in [2.75, 3.05) is 19.0 Å². The second-order valence-corrected chi connectivity index (χ2v) is 23.0. The average Bonchev–Trinajstić information content (AvgIpc) is 3.21. The standard InChI is InChI=1S/C45H49Cl3N3O9PS/c1-43(2,3)59-40(54)38(61(31-21-13-8-14-22-31,32-23-15-9-16-24-32)33-25-17-10-18-26-33)51-37(53)35(39(51)62-28-27-57-42(56)58-29-45(46,47)48)49-36(52)34(30-19-11-7-12-20-30)50-41(55)60-44(4,5)6/h7-26,34-35,39H,27-29H2,1-6H3,(H,49,52)(H,50,55)/t34-,35+,39+/m0/s1. The Kier molecular flexibility index (Phi) is 16.1. The Morgan fingerprint density at radius 1 is 0.710 bits per heavy atom. The number of amides is 3. The van der Waals surface area contributed by atoms with E-state index in [4.69, 9.17) is 53.8 Å². The third-order valence-electron chi connectivity index (χ3n) is 8.90. The van der Waals surface area contributed by atoms with Crippen molar-refractivity contribution < 1.29 is 42.9 Å². The van der Waals surface area contributed by atoms with Crippen molar-refractivity contribution in [1.82, 2.24) is 15.5 Å². The molecule has 5 rings (SSSR count). The number of benzene rings is 4. The summed E-state index contributed by atoms with van der Waals surface area (Å²) >= 11 is 18.3. The van der Waals surface area contributed by atoms with E-state index in [0.29, 0.717) is 5.56 Å². The van der Waals surface area contributed by atoms with Gasteiger partial charge in [0.15, 0.2) is 0 Å². The molecular formula is C45H49Cl3N3O9PS. The molecule has 1 saturated heterocycles. The first-order valence-electron chi connectivity index (χ1n) is 19.5. The Labute approximate surface area is 381 Å². The molecule has 0 unspecified atom stereocenters. The normalized spacial score (nSPS) is 16.0. The topological polar surface area (TPSA) is 150 Å². The maximum Gasteiger partial charge on any atom is 0.508 e. The molecule has 17 heteroatoms. The first-order valence-corrected chi connectivity index (χ1v) is 23.5. The van der Waals surface area contributed by atoms with Gasteiger partial charge in [-0.15, -0.1) is 11.8 Å². The fraction of sp³-hybridized carbons (Fsp3) is 0.333. The summed E-state index contributed by atoms with van der Waals surface area (Å²) < 4.78 is 20.0. The van der Waals surface area contributed by atoms with Crippen molar-refractivity contribution in [3.8, 4) is 0 Å². The lowest BCUT2D eigenvalue weighted by atomic mass is 10.0. The van der Waals surface area contributed by atoms with E-state index in [-0.39, 0.29) is 17.8 Å². The van der Waals surface area contributed by atoms with Gasteiger partial charge in [0.05, 0.1) is 0 Å². The van der Waals surface area contributed by atoms with Gasteiger partial charge in [0, 0.05) is 12.6 Å². The number of ether oxygens (including phenoxy) is 4. The van der Waals surface area contributed by atoms with Crippen LogP contribution in [0.2, 0.25) is 0 Å². The Bertz CT molecular complexity index is 2150. The van der Waals surface area contributed by atoms with Gasteiger partial charge in [-0.2, -0.15) is 0 Å². The number of carbonyl (C=O) groups is 5. The maximum atomic E-state index is 15.2. The van der Waals surface area contributed by atoms with Gasteiger partial charge < -0.3 is 29.6 Å². The number of nitrogens with zero attached hydrogens (tertiary/aromatic N) is 1. The molecule has 1 fully saturated rings. The molecule has 0 saturated carbocycles. The van der Waals surface area contributed by atoms with Crippen molar-refractivity contribution in [3.63, 3.8) is 0 Å². The van der Waals surface area contributed by atoms with Gasteiger partial charge in [-0.1, -0.05) is 156 Å². The van der Waals surface area contributed by atoms with E-state index in [1.807, 2.05) is 91.0 Å². The zero-order chi connectivity index (χ0) is 45.3. The van der Waals surface area contributed by atoms with E-state index < -0.39 is 76.0 Å². The molecule has 3 amide bonds. The third-order valence-corrected chi connectivity index (χ3v) is 14.7. The predicted octanol–water partition coefficient (Wildman–Crippen LogP) is 7.63. The number of likely N-dealkylation sites (tertiary alicyclic amines) is 1. The second kappa shape index (κ2) is 20.7. The highest BCUT2D eigenvalue weighted by Gasteiger charge is 2.55. The summed E-state index contributed by atoms with van der Waals surface area (Å²) in [6.45, 7) is 6.18. The van der Waals surface area contributed by atoms with Crippen LogP contribution in [-0.2, 0) is 33.3 Å². The number of alkyl halides is 3. The molecule has 1 aliphatic rings. The van der Waals surface area contributed by atoms with E-state index in [1.54, 1.807) is 71.9 Å². The number of hydrogen-bond donors (Lipinski definition) is 2. The Morgan fingerprint density at radius 2 is 1.18 bits per heavy atom. The molecule has 0 radical (unpaired) electrons. The summed E-state index contributed by atoms with van der Waals surface area (Å²) in [6, 6.07) is 34.3. The summed E-state index contributed by atoms with van der Waals surface area (Å²) in [7, 11) is 0. The molecule has 0 spiro atoms. The summed E-state index contributed by atoms with van der Waals surface area (Å²) in [6.07, 6.45) is -1.94. The van der Waals surface area contributed by atoms with Crippen molar-refractivity contribution in [1.29, 1.82) is 0 Å². The van der Waals surface area contributed by atoms with Crippen LogP contribution in [0.25, 0.3) is 0 Å². The zero-order valence-corrected chi connectivity index (χ0v) is 39.0. The highest BCUT2D eigenvalue weighted by atomic mass is 35.6. The molecule has 3 atom stereocenters. The van der Waals surface area contributed by atoms with Crippen LogP contribution < -0.4 is 26.5 Å². The first-order chi connectivity index (χ1) is 29.2. The molecule has 2 N–H and O–H groups in total. The van der Waals surface area contributed by atoms with E-state index in [9.17, 15) is 14.4 Å². The zero-order valence-electron chi connectivity index (χ0n) is 35.0. The number of alkyl carbamates (subject to hydrolysis) is 1. The minimum Gasteiger partial charge on any atom is -0.455 e. The van der Waals surface area contributed by atoms with E-state index >= 15 is 9.59 Å². The van der Waals surface area contributed by atoms with Gasteiger partial charge in [-0.25, -0.2) is 14.4 Å². The smallest absolute Gasteiger partial charge is 0.455 e. The number of β-lactam (4-membered cyclic amide) rings is 1. The molecule has 62 heavy (non-hydrogen) atoms. The largest absolute Gasteiger partial charge is 0.508 e. The monoisotopic (exact) mass is 943 g/mol. The maximum absolute atomic E-state index is 15.2. The van der Waals surface area contributed by atoms with Crippen molar-refractivity contribution >= 4 is 105 Å². The van der Waals surface area contributed by atoms with Gasteiger partial charge in [0.25, 0.3) is 5.91 Å². The lowest BCUT2D eigenvalue weighted by molar-refractivity contribution is -0.151. The summed E-state index contributed by atoms with van der Waals surface area (Å²) in [5.41, 5.74) is -1.38. The molecule has 1 aliphatic heterocycles. The number of rotatable bonds is 14. The number of thioether (sulfide) groups is 1. The number of hydrogen-bond acceptors (Lipinski definition) is 10. The van der Waals surface area contributed by atoms with Crippen LogP contribution in [0.3, 0.4) is 0 Å². The fourth-order valence-corrected chi connectivity index (χ4v) is 12.3.